The first-order chi connectivity index (χ1) is 11.1. The molecule has 0 unspecified atom stereocenters. The number of aryl methyl sites for hydroxylation is 2. The van der Waals surface area contributed by atoms with Crippen molar-refractivity contribution in [3.05, 3.63) is 23.7 Å². The van der Waals surface area contributed by atoms with Crippen LogP contribution in [0.15, 0.2) is 16.8 Å². The van der Waals surface area contributed by atoms with Crippen LogP contribution in [0.1, 0.15) is 25.1 Å². The molecule has 0 radical (unpaired) electrons. The first kappa shape index (κ1) is 15.7. The van der Waals surface area contributed by atoms with Gasteiger partial charge in [-0.25, -0.2) is 15.0 Å². The Kier molecular flexibility index (Phi) is 4.43. The van der Waals surface area contributed by atoms with Crippen LogP contribution in [0.4, 0.5) is 5.82 Å². The van der Waals surface area contributed by atoms with Crippen LogP contribution in [-0.4, -0.2) is 46.0 Å². The van der Waals surface area contributed by atoms with E-state index in [9.17, 15) is 0 Å². The summed E-state index contributed by atoms with van der Waals surface area (Å²) < 4.78 is 5.92. The Labute approximate surface area is 135 Å². The van der Waals surface area contributed by atoms with Gasteiger partial charge in [-0.3, -0.25) is 0 Å². The Morgan fingerprint density at radius 2 is 1.96 bits per heavy atom. The minimum absolute atomic E-state index is 0.621. The van der Waals surface area contributed by atoms with Gasteiger partial charge in [0.25, 0.3) is 0 Å². The number of likely N-dealkylation sites (N-methyl/N-ethyl adjacent to an activating group) is 1. The lowest BCUT2D eigenvalue weighted by Gasteiger charge is -2.18. The standard InChI is InChI=1S/C17H23N5O/c1-5-22(6-2)8-7-18-16-15-14(19-10-20-16)13-9-11(3)12(4)21-17(13)23-15/h9-10H,5-8H2,1-4H3,(H,18,19,20). The van der Waals surface area contributed by atoms with Crippen LogP contribution in [0, 0.1) is 13.8 Å². The molecule has 0 aromatic carbocycles. The topological polar surface area (TPSA) is 67.1 Å². The lowest BCUT2D eigenvalue weighted by atomic mass is 10.2. The molecule has 3 aromatic heterocycles. The summed E-state index contributed by atoms with van der Waals surface area (Å²) in [5.74, 6) is 0.732. The van der Waals surface area contributed by atoms with Gasteiger partial charge in [-0.05, 0) is 38.6 Å². The van der Waals surface area contributed by atoms with E-state index in [1.54, 1.807) is 6.33 Å². The number of aromatic nitrogens is 3. The molecule has 122 valence electrons. The average molecular weight is 313 g/mol. The van der Waals surface area contributed by atoms with Crippen molar-refractivity contribution in [1.29, 1.82) is 0 Å². The number of nitrogens with zero attached hydrogens (tertiary/aromatic N) is 4. The van der Waals surface area contributed by atoms with Crippen molar-refractivity contribution in [3.8, 4) is 0 Å². The van der Waals surface area contributed by atoms with Crippen LogP contribution < -0.4 is 5.32 Å². The molecule has 0 fully saturated rings. The maximum Gasteiger partial charge on any atom is 0.229 e. The normalized spacial score (nSPS) is 11.7. The van der Waals surface area contributed by atoms with Crippen molar-refractivity contribution in [3.63, 3.8) is 0 Å². The van der Waals surface area contributed by atoms with E-state index in [2.05, 4.69) is 45.1 Å². The zero-order valence-electron chi connectivity index (χ0n) is 14.2. The van der Waals surface area contributed by atoms with Gasteiger partial charge in [0.1, 0.15) is 11.8 Å². The molecule has 0 aliphatic rings. The summed E-state index contributed by atoms with van der Waals surface area (Å²) in [5.41, 5.74) is 4.22. The minimum atomic E-state index is 0.621. The molecular formula is C17H23N5O. The number of furan rings is 1. The zero-order chi connectivity index (χ0) is 16.4. The predicted molar refractivity (Wildman–Crippen MR) is 92.9 cm³/mol. The second-order valence-corrected chi connectivity index (χ2v) is 5.70. The molecule has 23 heavy (non-hydrogen) atoms. The first-order valence-corrected chi connectivity index (χ1v) is 8.11. The van der Waals surface area contributed by atoms with Gasteiger partial charge in [-0.2, -0.15) is 0 Å². The van der Waals surface area contributed by atoms with Crippen molar-refractivity contribution in [2.45, 2.75) is 27.7 Å². The number of fused-ring (bicyclic) bond motifs is 3. The summed E-state index contributed by atoms with van der Waals surface area (Å²) in [6, 6.07) is 2.08. The maximum absolute atomic E-state index is 5.92. The van der Waals surface area contributed by atoms with E-state index in [1.807, 2.05) is 13.8 Å². The van der Waals surface area contributed by atoms with Crippen molar-refractivity contribution in [2.24, 2.45) is 0 Å². The molecule has 0 saturated carbocycles. The van der Waals surface area contributed by atoms with Crippen LogP contribution in [0.2, 0.25) is 0 Å². The Morgan fingerprint density at radius 3 is 2.70 bits per heavy atom. The summed E-state index contributed by atoms with van der Waals surface area (Å²) in [5, 5.41) is 4.30. The van der Waals surface area contributed by atoms with Gasteiger partial charge in [-0.1, -0.05) is 13.8 Å². The smallest absolute Gasteiger partial charge is 0.229 e. The number of hydrogen-bond donors (Lipinski definition) is 1. The zero-order valence-corrected chi connectivity index (χ0v) is 14.2. The summed E-state index contributed by atoms with van der Waals surface area (Å²) in [6.45, 7) is 12.2. The number of nitrogens with one attached hydrogen (secondary N) is 1. The molecule has 0 bridgehead atoms. The van der Waals surface area contributed by atoms with Gasteiger partial charge in [0, 0.05) is 18.8 Å². The highest BCUT2D eigenvalue weighted by molar-refractivity contribution is 6.04. The van der Waals surface area contributed by atoms with Gasteiger partial charge < -0.3 is 14.6 Å². The average Bonchev–Trinajstić information content (AvgIpc) is 2.90. The molecule has 3 heterocycles. The SMILES string of the molecule is CCN(CC)CCNc1ncnc2c1oc1nc(C)c(C)cc12. The molecule has 0 aliphatic heterocycles. The van der Waals surface area contributed by atoms with Crippen LogP contribution in [0.3, 0.4) is 0 Å². The second-order valence-electron chi connectivity index (χ2n) is 5.70. The van der Waals surface area contributed by atoms with Crippen molar-refractivity contribution >= 4 is 28.0 Å². The van der Waals surface area contributed by atoms with Crippen LogP contribution >= 0.6 is 0 Å². The number of hydrogen-bond acceptors (Lipinski definition) is 6. The third-order valence-electron chi connectivity index (χ3n) is 4.30. The Hall–Kier alpha value is -2.21. The largest absolute Gasteiger partial charge is 0.432 e. The summed E-state index contributed by atoms with van der Waals surface area (Å²) in [7, 11) is 0. The first-order valence-electron chi connectivity index (χ1n) is 8.11. The summed E-state index contributed by atoms with van der Waals surface area (Å²) in [4.78, 5) is 15.6. The molecule has 6 heteroatoms. The second kappa shape index (κ2) is 6.50. The Morgan fingerprint density at radius 1 is 1.17 bits per heavy atom. The number of rotatable bonds is 6. The Bertz CT molecular complexity index is 823. The summed E-state index contributed by atoms with van der Waals surface area (Å²) in [6.07, 6.45) is 1.58. The molecule has 0 saturated heterocycles. The molecule has 3 rings (SSSR count). The monoisotopic (exact) mass is 313 g/mol. The quantitative estimate of drug-likeness (QED) is 0.754. The molecule has 0 amide bonds. The minimum Gasteiger partial charge on any atom is -0.432 e. The van der Waals surface area contributed by atoms with Gasteiger partial charge in [0.05, 0.1) is 5.39 Å². The van der Waals surface area contributed by atoms with E-state index in [4.69, 9.17) is 4.42 Å². The van der Waals surface area contributed by atoms with Crippen LogP contribution in [0.5, 0.6) is 0 Å². The third-order valence-corrected chi connectivity index (χ3v) is 4.30. The van der Waals surface area contributed by atoms with Crippen molar-refractivity contribution in [1.82, 2.24) is 19.9 Å². The van der Waals surface area contributed by atoms with Crippen molar-refractivity contribution < 1.29 is 4.42 Å². The number of pyridine rings is 1. The van der Waals surface area contributed by atoms with E-state index in [-0.39, 0.29) is 0 Å². The Balaban J connectivity index is 1.92. The van der Waals surface area contributed by atoms with E-state index in [0.29, 0.717) is 11.3 Å². The molecular weight excluding hydrogens is 290 g/mol. The molecule has 6 nitrogen and oxygen atoms in total. The third kappa shape index (κ3) is 2.99. The van der Waals surface area contributed by atoms with Crippen LogP contribution in [0.25, 0.3) is 22.2 Å². The molecule has 3 aromatic rings. The highest BCUT2D eigenvalue weighted by Crippen LogP contribution is 2.30. The summed E-state index contributed by atoms with van der Waals surface area (Å²) >= 11 is 0. The van der Waals surface area contributed by atoms with Gasteiger partial charge >= 0.3 is 0 Å². The maximum atomic E-state index is 5.92. The fraction of sp³-hybridized carbons (Fsp3) is 0.471. The van der Waals surface area contributed by atoms with Gasteiger partial charge in [0.15, 0.2) is 11.4 Å². The fourth-order valence-electron chi connectivity index (χ4n) is 2.69. The molecule has 0 aliphatic carbocycles. The van der Waals surface area contributed by atoms with E-state index < -0.39 is 0 Å². The lowest BCUT2D eigenvalue weighted by molar-refractivity contribution is 0.316. The highest BCUT2D eigenvalue weighted by atomic mass is 16.3. The van der Waals surface area contributed by atoms with E-state index >= 15 is 0 Å². The molecule has 1 N–H and O–H groups in total. The molecule has 0 spiro atoms. The van der Waals surface area contributed by atoms with Crippen LogP contribution in [-0.2, 0) is 0 Å². The van der Waals surface area contributed by atoms with Gasteiger partial charge in [-0.15, -0.1) is 0 Å². The lowest BCUT2D eigenvalue weighted by Crippen LogP contribution is -2.28. The highest BCUT2D eigenvalue weighted by Gasteiger charge is 2.15. The molecule has 0 atom stereocenters. The fourth-order valence-corrected chi connectivity index (χ4v) is 2.69. The van der Waals surface area contributed by atoms with Gasteiger partial charge in [0.2, 0.25) is 5.71 Å². The van der Waals surface area contributed by atoms with Crippen molar-refractivity contribution in [2.75, 3.05) is 31.5 Å². The van der Waals surface area contributed by atoms with E-state index in [1.165, 1.54) is 0 Å². The predicted octanol–water partition coefficient (Wildman–Crippen LogP) is 3.14. The van der Waals surface area contributed by atoms with E-state index in [0.717, 1.165) is 54.2 Å². The number of anilines is 1.